The van der Waals surface area contributed by atoms with Gasteiger partial charge in [0.15, 0.2) is 0 Å². The predicted molar refractivity (Wildman–Crippen MR) is 115 cm³/mol. The molecule has 2 aromatic carbocycles. The average molecular weight is 424 g/mol. The highest BCUT2D eigenvalue weighted by molar-refractivity contribution is 5.93. The minimum atomic E-state index is -0.283. The van der Waals surface area contributed by atoms with E-state index < -0.39 is 0 Å². The zero-order chi connectivity index (χ0) is 21.8. The Balaban J connectivity index is 1.39. The molecule has 162 valence electrons. The number of aromatic amines is 1. The van der Waals surface area contributed by atoms with Crippen molar-refractivity contribution in [1.82, 2.24) is 20.0 Å². The van der Waals surface area contributed by atoms with Crippen LogP contribution in [0.4, 0.5) is 4.39 Å². The standard InChI is InChI=1S/C23H25FN4O3/c1-30-21-8-7-17(24)13-16(21)15-27-9-11-28(12-10-27)23(29)20-14-19(25-26-20)18-5-3-4-6-22(18)31-2/h3-8,13-14H,9-12,15H2,1-2H3,(H,25,26). The molecule has 1 aromatic heterocycles. The molecule has 1 saturated heterocycles. The molecule has 1 aliphatic rings. The minimum Gasteiger partial charge on any atom is -0.496 e. The summed E-state index contributed by atoms with van der Waals surface area (Å²) in [6.45, 7) is 3.13. The molecule has 8 heteroatoms. The number of amides is 1. The first kappa shape index (κ1) is 20.9. The van der Waals surface area contributed by atoms with Crippen LogP contribution < -0.4 is 9.47 Å². The molecule has 0 atom stereocenters. The number of nitrogens with zero attached hydrogens (tertiary/aromatic N) is 3. The Labute approximate surface area is 180 Å². The second kappa shape index (κ2) is 9.18. The molecule has 0 spiro atoms. The molecule has 1 amide bonds. The number of hydrogen-bond donors (Lipinski definition) is 1. The van der Waals surface area contributed by atoms with Gasteiger partial charge in [0.2, 0.25) is 0 Å². The SMILES string of the molecule is COc1ccc(F)cc1CN1CCN(C(=O)c2cc(-c3ccccc3OC)n[nH]2)CC1. The summed E-state index contributed by atoms with van der Waals surface area (Å²) >= 11 is 0. The van der Waals surface area contributed by atoms with Gasteiger partial charge in [-0.1, -0.05) is 12.1 Å². The summed E-state index contributed by atoms with van der Waals surface area (Å²) in [5, 5.41) is 7.15. The maximum atomic E-state index is 13.6. The fourth-order valence-corrected chi connectivity index (χ4v) is 3.82. The molecule has 0 saturated carbocycles. The summed E-state index contributed by atoms with van der Waals surface area (Å²) in [6.07, 6.45) is 0. The van der Waals surface area contributed by atoms with E-state index in [0.29, 0.717) is 55.6 Å². The predicted octanol–water partition coefficient (Wildman–Crippen LogP) is 3.19. The van der Waals surface area contributed by atoms with Crippen molar-refractivity contribution in [3.63, 3.8) is 0 Å². The number of ether oxygens (including phenoxy) is 2. The van der Waals surface area contributed by atoms with Crippen LogP contribution in [0, 0.1) is 5.82 Å². The van der Waals surface area contributed by atoms with Crippen LogP contribution >= 0.6 is 0 Å². The van der Waals surface area contributed by atoms with Gasteiger partial charge in [-0.2, -0.15) is 5.10 Å². The number of methoxy groups -OCH3 is 2. The number of carbonyl (C=O) groups excluding carboxylic acids is 1. The van der Waals surface area contributed by atoms with Crippen molar-refractivity contribution < 1.29 is 18.7 Å². The van der Waals surface area contributed by atoms with Gasteiger partial charge in [0.1, 0.15) is 23.0 Å². The van der Waals surface area contributed by atoms with Gasteiger partial charge in [-0.15, -0.1) is 0 Å². The van der Waals surface area contributed by atoms with Crippen molar-refractivity contribution in [1.29, 1.82) is 0 Å². The lowest BCUT2D eigenvalue weighted by Gasteiger charge is -2.34. The molecule has 3 aromatic rings. The molecular weight excluding hydrogens is 399 g/mol. The third kappa shape index (κ3) is 4.54. The van der Waals surface area contributed by atoms with Crippen LogP contribution in [-0.2, 0) is 6.54 Å². The Bertz CT molecular complexity index is 1060. The van der Waals surface area contributed by atoms with E-state index in [1.54, 1.807) is 31.3 Å². The first-order chi connectivity index (χ1) is 15.1. The second-order valence-corrected chi connectivity index (χ2v) is 7.39. The highest BCUT2D eigenvalue weighted by Gasteiger charge is 2.24. The fourth-order valence-electron chi connectivity index (χ4n) is 3.82. The number of hydrogen-bond acceptors (Lipinski definition) is 5. The Hall–Kier alpha value is -3.39. The van der Waals surface area contributed by atoms with E-state index in [1.165, 1.54) is 12.1 Å². The molecular formula is C23H25FN4O3. The normalized spacial score (nSPS) is 14.5. The van der Waals surface area contributed by atoms with Gasteiger partial charge < -0.3 is 14.4 Å². The first-order valence-corrected chi connectivity index (χ1v) is 10.1. The van der Waals surface area contributed by atoms with Crippen LogP contribution in [0.3, 0.4) is 0 Å². The van der Waals surface area contributed by atoms with Crippen molar-refractivity contribution in [2.24, 2.45) is 0 Å². The fraction of sp³-hybridized carbons (Fsp3) is 0.304. The van der Waals surface area contributed by atoms with E-state index in [1.807, 2.05) is 24.3 Å². The number of halogens is 1. The molecule has 0 unspecified atom stereocenters. The Morgan fingerprint density at radius 3 is 2.52 bits per heavy atom. The molecule has 0 bridgehead atoms. The maximum Gasteiger partial charge on any atom is 0.271 e. The van der Waals surface area contributed by atoms with E-state index in [0.717, 1.165) is 11.1 Å². The molecule has 0 radical (unpaired) electrons. The van der Waals surface area contributed by atoms with Crippen LogP contribution in [0.25, 0.3) is 11.3 Å². The van der Waals surface area contributed by atoms with Crippen LogP contribution in [0.2, 0.25) is 0 Å². The Morgan fingerprint density at radius 2 is 1.77 bits per heavy atom. The molecule has 31 heavy (non-hydrogen) atoms. The zero-order valence-corrected chi connectivity index (χ0v) is 17.6. The number of nitrogens with one attached hydrogen (secondary N) is 1. The van der Waals surface area contributed by atoms with E-state index in [2.05, 4.69) is 15.1 Å². The van der Waals surface area contributed by atoms with Gasteiger partial charge in [0.05, 0.1) is 19.9 Å². The van der Waals surface area contributed by atoms with Crippen molar-refractivity contribution >= 4 is 5.91 Å². The first-order valence-electron chi connectivity index (χ1n) is 10.1. The number of aromatic nitrogens is 2. The maximum absolute atomic E-state index is 13.6. The lowest BCUT2D eigenvalue weighted by Crippen LogP contribution is -2.48. The van der Waals surface area contributed by atoms with Crippen molar-refractivity contribution in [3.8, 4) is 22.8 Å². The van der Waals surface area contributed by atoms with Crippen LogP contribution in [0.1, 0.15) is 16.1 Å². The third-order valence-electron chi connectivity index (χ3n) is 5.49. The van der Waals surface area contributed by atoms with E-state index in [9.17, 15) is 9.18 Å². The summed E-state index contributed by atoms with van der Waals surface area (Å²) in [6, 6.07) is 13.8. The Kier molecular flexibility index (Phi) is 6.18. The van der Waals surface area contributed by atoms with Crippen molar-refractivity contribution in [3.05, 3.63) is 65.6 Å². The van der Waals surface area contributed by atoms with Gasteiger partial charge in [-0.3, -0.25) is 14.8 Å². The summed E-state index contributed by atoms with van der Waals surface area (Å²) in [7, 11) is 3.19. The number of carbonyl (C=O) groups is 1. The highest BCUT2D eigenvalue weighted by atomic mass is 19.1. The molecule has 2 heterocycles. The molecule has 0 aliphatic carbocycles. The molecule has 7 nitrogen and oxygen atoms in total. The average Bonchev–Trinajstić information content (AvgIpc) is 3.29. The quantitative estimate of drug-likeness (QED) is 0.658. The van der Waals surface area contributed by atoms with E-state index in [-0.39, 0.29) is 11.7 Å². The van der Waals surface area contributed by atoms with Crippen molar-refractivity contribution in [2.75, 3.05) is 40.4 Å². The molecule has 1 aliphatic heterocycles. The molecule has 1 N–H and O–H groups in total. The van der Waals surface area contributed by atoms with Gasteiger partial charge in [-0.25, -0.2) is 4.39 Å². The van der Waals surface area contributed by atoms with E-state index in [4.69, 9.17) is 9.47 Å². The summed E-state index contributed by atoms with van der Waals surface area (Å²) in [5.74, 6) is 1.00. The van der Waals surface area contributed by atoms with Gasteiger partial charge >= 0.3 is 0 Å². The monoisotopic (exact) mass is 424 g/mol. The number of H-pyrrole nitrogens is 1. The summed E-state index contributed by atoms with van der Waals surface area (Å²) in [4.78, 5) is 16.9. The van der Waals surface area contributed by atoms with Crippen LogP contribution in [0.15, 0.2) is 48.5 Å². The second-order valence-electron chi connectivity index (χ2n) is 7.39. The van der Waals surface area contributed by atoms with E-state index >= 15 is 0 Å². The minimum absolute atomic E-state index is 0.0864. The number of piperazine rings is 1. The van der Waals surface area contributed by atoms with Gasteiger partial charge in [-0.05, 0) is 36.4 Å². The topological polar surface area (TPSA) is 70.7 Å². The largest absolute Gasteiger partial charge is 0.496 e. The zero-order valence-electron chi connectivity index (χ0n) is 17.6. The third-order valence-corrected chi connectivity index (χ3v) is 5.49. The Morgan fingerprint density at radius 1 is 1.03 bits per heavy atom. The summed E-state index contributed by atoms with van der Waals surface area (Å²) < 4.78 is 24.3. The van der Waals surface area contributed by atoms with Gasteiger partial charge in [0, 0.05) is 43.9 Å². The van der Waals surface area contributed by atoms with Gasteiger partial charge in [0.25, 0.3) is 5.91 Å². The number of para-hydroxylation sites is 1. The van der Waals surface area contributed by atoms with Crippen molar-refractivity contribution in [2.45, 2.75) is 6.54 Å². The smallest absolute Gasteiger partial charge is 0.271 e. The van der Waals surface area contributed by atoms with Crippen LogP contribution in [-0.4, -0.2) is 66.3 Å². The molecule has 4 rings (SSSR count). The number of benzene rings is 2. The summed E-state index contributed by atoms with van der Waals surface area (Å²) in [5.41, 5.74) is 2.74. The number of rotatable bonds is 6. The lowest BCUT2D eigenvalue weighted by molar-refractivity contribution is 0.0621. The highest BCUT2D eigenvalue weighted by Crippen LogP contribution is 2.28. The molecule has 1 fully saturated rings. The lowest BCUT2D eigenvalue weighted by atomic mass is 10.1. The van der Waals surface area contributed by atoms with Crippen LogP contribution in [0.5, 0.6) is 11.5 Å².